The van der Waals surface area contributed by atoms with Crippen molar-refractivity contribution < 1.29 is 19.0 Å². The van der Waals surface area contributed by atoms with Crippen LogP contribution < -0.4 is 9.47 Å². The molecule has 0 N–H and O–H groups in total. The number of piperidine rings is 1. The maximum absolute atomic E-state index is 12.6. The van der Waals surface area contributed by atoms with E-state index in [2.05, 4.69) is 29.1 Å². The first kappa shape index (κ1) is 21.4. The summed E-state index contributed by atoms with van der Waals surface area (Å²) in [5.74, 6) is 0.834. The summed E-state index contributed by atoms with van der Waals surface area (Å²) in [7, 11) is 3.76. The van der Waals surface area contributed by atoms with Crippen LogP contribution in [0.15, 0.2) is 36.4 Å². The van der Waals surface area contributed by atoms with Crippen molar-refractivity contribution in [2.24, 2.45) is 5.92 Å². The topological polar surface area (TPSA) is 60.9 Å². The number of rotatable bonds is 7. The lowest BCUT2D eigenvalue weighted by Gasteiger charge is -2.39. The van der Waals surface area contributed by atoms with Crippen LogP contribution in [0.5, 0.6) is 11.6 Å². The van der Waals surface area contributed by atoms with Gasteiger partial charge in [0.2, 0.25) is 5.88 Å². The Bertz CT molecular complexity index is 828. The summed E-state index contributed by atoms with van der Waals surface area (Å²) in [5, 5.41) is 0.255. The van der Waals surface area contributed by atoms with Crippen LogP contribution in [0.3, 0.4) is 0 Å². The Morgan fingerprint density at radius 1 is 1.24 bits per heavy atom. The Labute approximate surface area is 176 Å². The number of aromatic nitrogens is 1. The number of hydrogen-bond donors (Lipinski definition) is 0. The number of halogens is 1. The van der Waals surface area contributed by atoms with E-state index in [1.54, 1.807) is 19.2 Å². The molecular formula is C22H27ClN2O4. The minimum absolute atomic E-state index is 0.0859. The second-order valence-corrected chi connectivity index (χ2v) is 7.52. The molecule has 2 aromatic rings. The molecular weight excluding hydrogens is 392 g/mol. The fourth-order valence-corrected chi connectivity index (χ4v) is 3.99. The zero-order chi connectivity index (χ0) is 20.8. The van der Waals surface area contributed by atoms with Crippen LogP contribution in [-0.4, -0.2) is 49.8 Å². The Kier molecular flexibility index (Phi) is 7.34. The molecule has 1 saturated heterocycles. The van der Waals surface area contributed by atoms with E-state index in [1.807, 2.05) is 19.1 Å². The molecule has 1 aromatic heterocycles. The van der Waals surface area contributed by atoms with E-state index in [0.717, 1.165) is 25.1 Å². The number of nitrogens with zero attached hydrogens (tertiary/aromatic N) is 2. The summed E-state index contributed by atoms with van der Waals surface area (Å²) in [4.78, 5) is 19.1. The number of pyridine rings is 1. The first-order chi connectivity index (χ1) is 14.0. The molecule has 0 bridgehead atoms. The monoisotopic (exact) mass is 418 g/mol. The van der Waals surface area contributed by atoms with E-state index in [-0.39, 0.29) is 22.7 Å². The molecule has 2 heterocycles. The van der Waals surface area contributed by atoms with Crippen LogP contribution in [0.25, 0.3) is 0 Å². The van der Waals surface area contributed by atoms with Crippen molar-refractivity contribution in [3.05, 3.63) is 52.7 Å². The Morgan fingerprint density at radius 3 is 2.69 bits per heavy atom. The third-order valence-electron chi connectivity index (χ3n) is 5.20. The standard InChI is InChI=1S/C22H27ClN2O4/c1-4-28-19-12-11-18(23)20(24-19)22(26)29-14-16-6-5-13-25(2)21(16)15-7-9-17(27-3)10-8-15/h7-12,16,21H,4-6,13-14H2,1-3H3/t16-,21-/m1/s1. The van der Waals surface area contributed by atoms with Crippen LogP contribution in [0.2, 0.25) is 5.02 Å². The van der Waals surface area contributed by atoms with Crippen LogP contribution in [-0.2, 0) is 4.74 Å². The van der Waals surface area contributed by atoms with Gasteiger partial charge in [0.05, 0.1) is 25.3 Å². The maximum Gasteiger partial charge on any atom is 0.358 e. The Hall–Kier alpha value is -2.31. The summed E-state index contributed by atoms with van der Waals surface area (Å²) in [6.07, 6.45) is 2.04. The van der Waals surface area contributed by atoms with Crippen molar-refractivity contribution in [2.45, 2.75) is 25.8 Å². The Balaban J connectivity index is 1.72. The molecule has 0 unspecified atom stereocenters. The van der Waals surface area contributed by atoms with Gasteiger partial charge < -0.3 is 14.2 Å². The fraction of sp³-hybridized carbons (Fsp3) is 0.455. The molecule has 1 fully saturated rings. The van der Waals surface area contributed by atoms with Gasteiger partial charge in [0.15, 0.2) is 5.69 Å². The van der Waals surface area contributed by atoms with Crippen molar-refractivity contribution in [2.75, 3.05) is 33.9 Å². The summed E-state index contributed by atoms with van der Waals surface area (Å²) in [6, 6.07) is 11.5. The van der Waals surface area contributed by atoms with E-state index in [9.17, 15) is 4.79 Å². The zero-order valence-electron chi connectivity index (χ0n) is 17.1. The van der Waals surface area contributed by atoms with Gasteiger partial charge in [-0.15, -0.1) is 0 Å². The number of esters is 1. The Morgan fingerprint density at radius 2 is 2.00 bits per heavy atom. The van der Waals surface area contributed by atoms with Crippen molar-refractivity contribution in [3.8, 4) is 11.6 Å². The van der Waals surface area contributed by atoms with Crippen molar-refractivity contribution in [1.29, 1.82) is 0 Å². The summed E-state index contributed by atoms with van der Waals surface area (Å²) >= 11 is 6.15. The van der Waals surface area contributed by atoms with Gasteiger partial charge in [0, 0.05) is 18.0 Å². The van der Waals surface area contributed by atoms with E-state index < -0.39 is 5.97 Å². The largest absolute Gasteiger partial charge is 0.497 e. The lowest BCUT2D eigenvalue weighted by Crippen LogP contribution is -2.38. The number of methoxy groups -OCH3 is 1. The number of ether oxygens (including phenoxy) is 3. The molecule has 1 aliphatic heterocycles. The highest BCUT2D eigenvalue weighted by atomic mass is 35.5. The third kappa shape index (κ3) is 5.19. The van der Waals surface area contributed by atoms with Gasteiger partial charge in [0.25, 0.3) is 0 Å². The summed E-state index contributed by atoms with van der Waals surface area (Å²) in [5.41, 5.74) is 1.27. The molecule has 0 spiro atoms. The van der Waals surface area contributed by atoms with Gasteiger partial charge in [-0.2, -0.15) is 0 Å². The normalized spacial score (nSPS) is 19.6. The molecule has 3 rings (SSSR count). The average Bonchev–Trinajstić information content (AvgIpc) is 2.73. The van der Waals surface area contributed by atoms with Crippen molar-refractivity contribution in [3.63, 3.8) is 0 Å². The molecule has 7 heteroatoms. The zero-order valence-corrected chi connectivity index (χ0v) is 17.8. The minimum atomic E-state index is -0.529. The van der Waals surface area contributed by atoms with E-state index >= 15 is 0 Å². The lowest BCUT2D eigenvalue weighted by molar-refractivity contribution is 0.0230. The number of hydrogen-bond acceptors (Lipinski definition) is 6. The number of carbonyl (C=O) groups excluding carboxylic acids is 1. The second kappa shape index (κ2) is 9.94. The van der Waals surface area contributed by atoms with Crippen molar-refractivity contribution in [1.82, 2.24) is 9.88 Å². The van der Waals surface area contributed by atoms with Gasteiger partial charge in [-0.3, -0.25) is 4.90 Å². The molecule has 6 nitrogen and oxygen atoms in total. The molecule has 1 aromatic carbocycles. The minimum Gasteiger partial charge on any atom is -0.497 e. The summed E-state index contributed by atoms with van der Waals surface area (Å²) in [6.45, 7) is 3.62. The highest BCUT2D eigenvalue weighted by Crippen LogP contribution is 2.36. The van der Waals surface area contributed by atoms with E-state index in [4.69, 9.17) is 25.8 Å². The highest BCUT2D eigenvalue weighted by Gasteiger charge is 2.32. The molecule has 0 saturated carbocycles. The van der Waals surface area contributed by atoms with Crippen LogP contribution in [0.4, 0.5) is 0 Å². The fourth-order valence-electron chi connectivity index (χ4n) is 3.81. The third-order valence-corrected chi connectivity index (χ3v) is 5.50. The molecule has 156 valence electrons. The van der Waals surface area contributed by atoms with Crippen molar-refractivity contribution >= 4 is 17.6 Å². The molecule has 0 radical (unpaired) electrons. The smallest absolute Gasteiger partial charge is 0.358 e. The van der Waals surface area contributed by atoms with Gasteiger partial charge >= 0.3 is 5.97 Å². The van der Waals surface area contributed by atoms with Crippen LogP contribution in [0, 0.1) is 5.92 Å². The molecule has 29 heavy (non-hydrogen) atoms. The highest BCUT2D eigenvalue weighted by molar-refractivity contribution is 6.33. The van der Waals surface area contributed by atoms with Crippen LogP contribution in [0.1, 0.15) is 41.9 Å². The second-order valence-electron chi connectivity index (χ2n) is 7.11. The average molecular weight is 419 g/mol. The quantitative estimate of drug-likeness (QED) is 0.622. The molecule has 2 atom stereocenters. The van der Waals surface area contributed by atoms with Gasteiger partial charge in [-0.05, 0) is 57.1 Å². The lowest BCUT2D eigenvalue weighted by atomic mass is 9.85. The van der Waals surface area contributed by atoms with E-state index in [0.29, 0.717) is 19.1 Å². The predicted molar refractivity (Wildman–Crippen MR) is 112 cm³/mol. The molecule has 1 aliphatic rings. The number of benzene rings is 1. The maximum atomic E-state index is 12.6. The first-order valence-electron chi connectivity index (χ1n) is 9.84. The summed E-state index contributed by atoms with van der Waals surface area (Å²) < 4.78 is 16.3. The first-order valence-corrected chi connectivity index (χ1v) is 10.2. The SMILES string of the molecule is CCOc1ccc(Cl)c(C(=O)OC[C@H]2CCCN(C)[C@@H]2c2ccc(OC)cc2)n1. The number of likely N-dealkylation sites (tertiary alicyclic amines) is 1. The molecule has 0 aliphatic carbocycles. The van der Waals surface area contributed by atoms with Crippen LogP contribution >= 0.6 is 11.6 Å². The predicted octanol–water partition coefficient (Wildman–Crippen LogP) is 4.38. The van der Waals surface area contributed by atoms with Gasteiger partial charge in [-0.25, -0.2) is 9.78 Å². The van der Waals surface area contributed by atoms with Gasteiger partial charge in [-0.1, -0.05) is 23.7 Å². The van der Waals surface area contributed by atoms with E-state index in [1.165, 1.54) is 5.56 Å². The number of carbonyl (C=O) groups is 1. The van der Waals surface area contributed by atoms with Gasteiger partial charge in [0.1, 0.15) is 5.75 Å². The molecule has 0 amide bonds.